The summed E-state index contributed by atoms with van der Waals surface area (Å²) in [5.74, 6) is -0.205. The molecule has 0 spiro atoms. The van der Waals surface area contributed by atoms with Crippen LogP contribution in [0, 0.1) is 0 Å². The molecule has 0 aliphatic carbocycles. The number of hydrogen-bond acceptors (Lipinski definition) is 5. The van der Waals surface area contributed by atoms with Crippen LogP contribution in [0.2, 0.25) is 0 Å². The summed E-state index contributed by atoms with van der Waals surface area (Å²) in [6, 6.07) is 14.5. The summed E-state index contributed by atoms with van der Waals surface area (Å²) in [6.07, 6.45) is 1.08. The molecule has 0 radical (unpaired) electrons. The highest BCUT2D eigenvalue weighted by Crippen LogP contribution is 2.12. The molecule has 2 aromatic rings. The fourth-order valence-corrected chi connectivity index (χ4v) is 3.53. The number of nitrogens with one attached hydrogen (secondary N) is 2. The van der Waals surface area contributed by atoms with Crippen molar-refractivity contribution in [2.24, 2.45) is 0 Å². The summed E-state index contributed by atoms with van der Waals surface area (Å²) in [7, 11) is -3.33. The zero-order chi connectivity index (χ0) is 20.0. The van der Waals surface area contributed by atoms with Crippen molar-refractivity contribution in [1.82, 2.24) is 10.2 Å². The molecule has 1 heterocycles. The molecular formula is C20H25N3O4S. The van der Waals surface area contributed by atoms with Crippen LogP contribution in [0.3, 0.4) is 0 Å². The number of nitrogens with zero attached hydrogens (tertiary/aromatic N) is 1. The Kier molecular flexibility index (Phi) is 6.66. The molecule has 28 heavy (non-hydrogen) atoms. The standard InChI is InChI=1S/C20H25N3O4S/c1-28(25,26)22-19-8-6-18(7-9-19)20(24)21-14-16-2-4-17(5-3-16)15-23-10-12-27-13-11-23/h2-9,22H,10-15H2,1H3,(H,21,24). The number of anilines is 1. The van der Waals surface area contributed by atoms with Crippen molar-refractivity contribution >= 4 is 21.6 Å². The summed E-state index contributed by atoms with van der Waals surface area (Å²) in [5, 5.41) is 2.88. The summed E-state index contributed by atoms with van der Waals surface area (Å²) in [5.41, 5.74) is 3.17. The van der Waals surface area contributed by atoms with E-state index in [-0.39, 0.29) is 5.91 Å². The second-order valence-corrected chi connectivity index (χ2v) is 8.59. The fraction of sp³-hybridized carbons (Fsp3) is 0.350. The van der Waals surface area contributed by atoms with Crippen molar-refractivity contribution in [3.63, 3.8) is 0 Å². The number of rotatable bonds is 7. The van der Waals surface area contributed by atoms with Gasteiger partial charge in [-0.1, -0.05) is 24.3 Å². The third-order valence-corrected chi connectivity index (χ3v) is 5.04. The lowest BCUT2D eigenvalue weighted by Gasteiger charge is -2.26. The normalized spacial score (nSPS) is 15.2. The van der Waals surface area contributed by atoms with Crippen LogP contribution in [-0.4, -0.2) is 51.8 Å². The van der Waals surface area contributed by atoms with Crippen LogP contribution in [-0.2, 0) is 27.8 Å². The maximum Gasteiger partial charge on any atom is 0.251 e. The molecule has 0 unspecified atom stereocenters. The first-order chi connectivity index (χ1) is 13.4. The van der Waals surface area contributed by atoms with Gasteiger partial charge in [0.2, 0.25) is 10.0 Å². The van der Waals surface area contributed by atoms with E-state index in [0.717, 1.165) is 44.7 Å². The Morgan fingerprint density at radius 2 is 1.61 bits per heavy atom. The van der Waals surface area contributed by atoms with E-state index < -0.39 is 10.0 Å². The molecule has 7 nitrogen and oxygen atoms in total. The molecule has 1 aliphatic rings. The zero-order valence-corrected chi connectivity index (χ0v) is 16.7. The number of benzene rings is 2. The van der Waals surface area contributed by atoms with Crippen molar-refractivity contribution in [1.29, 1.82) is 0 Å². The van der Waals surface area contributed by atoms with Crippen LogP contribution in [0.25, 0.3) is 0 Å². The van der Waals surface area contributed by atoms with E-state index in [4.69, 9.17) is 4.74 Å². The predicted octanol–water partition coefficient (Wildman–Crippen LogP) is 1.82. The van der Waals surface area contributed by atoms with Gasteiger partial charge < -0.3 is 10.1 Å². The number of morpholine rings is 1. The SMILES string of the molecule is CS(=O)(=O)Nc1ccc(C(=O)NCc2ccc(CN3CCOCC3)cc2)cc1. The van der Waals surface area contributed by atoms with Gasteiger partial charge in [-0.25, -0.2) is 8.42 Å². The summed E-state index contributed by atoms with van der Waals surface area (Å²) in [4.78, 5) is 14.6. The van der Waals surface area contributed by atoms with Gasteiger partial charge >= 0.3 is 0 Å². The molecule has 3 rings (SSSR count). The first-order valence-corrected chi connectivity index (χ1v) is 11.0. The van der Waals surface area contributed by atoms with E-state index in [0.29, 0.717) is 17.8 Å². The van der Waals surface area contributed by atoms with Crippen LogP contribution in [0.5, 0.6) is 0 Å². The number of amides is 1. The van der Waals surface area contributed by atoms with Crippen molar-refractivity contribution < 1.29 is 17.9 Å². The van der Waals surface area contributed by atoms with Crippen molar-refractivity contribution in [2.75, 3.05) is 37.3 Å². The second kappa shape index (κ2) is 9.18. The maximum absolute atomic E-state index is 12.3. The van der Waals surface area contributed by atoms with E-state index in [1.807, 2.05) is 12.1 Å². The van der Waals surface area contributed by atoms with E-state index in [9.17, 15) is 13.2 Å². The molecule has 2 aromatic carbocycles. The lowest BCUT2D eigenvalue weighted by Crippen LogP contribution is -2.35. The molecule has 2 N–H and O–H groups in total. The van der Waals surface area contributed by atoms with Gasteiger partial charge in [-0.15, -0.1) is 0 Å². The van der Waals surface area contributed by atoms with Crippen LogP contribution in [0.4, 0.5) is 5.69 Å². The monoisotopic (exact) mass is 403 g/mol. The highest BCUT2D eigenvalue weighted by molar-refractivity contribution is 7.92. The van der Waals surface area contributed by atoms with Crippen molar-refractivity contribution in [2.45, 2.75) is 13.1 Å². The van der Waals surface area contributed by atoms with Crippen molar-refractivity contribution in [3.8, 4) is 0 Å². The minimum atomic E-state index is -3.33. The molecule has 0 bridgehead atoms. The first-order valence-electron chi connectivity index (χ1n) is 9.13. The largest absolute Gasteiger partial charge is 0.379 e. The number of carbonyl (C=O) groups is 1. The Morgan fingerprint density at radius 3 is 2.21 bits per heavy atom. The smallest absolute Gasteiger partial charge is 0.251 e. The molecule has 1 amide bonds. The molecule has 1 fully saturated rings. The third-order valence-electron chi connectivity index (χ3n) is 4.44. The molecule has 1 aliphatic heterocycles. The quantitative estimate of drug-likeness (QED) is 0.736. The highest BCUT2D eigenvalue weighted by Gasteiger charge is 2.11. The Morgan fingerprint density at radius 1 is 1.00 bits per heavy atom. The number of sulfonamides is 1. The van der Waals surface area contributed by atoms with Gasteiger partial charge in [0, 0.05) is 37.4 Å². The number of carbonyl (C=O) groups excluding carboxylic acids is 1. The minimum Gasteiger partial charge on any atom is -0.379 e. The number of hydrogen-bond donors (Lipinski definition) is 2. The first kappa shape index (κ1) is 20.3. The van der Waals surface area contributed by atoms with Crippen LogP contribution >= 0.6 is 0 Å². The molecule has 0 aromatic heterocycles. The fourth-order valence-electron chi connectivity index (χ4n) is 2.97. The third kappa shape index (κ3) is 6.33. The van der Waals surface area contributed by atoms with E-state index in [2.05, 4.69) is 27.1 Å². The Hall–Kier alpha value is -2.42. The Balaban J connectivity index is 1.50. The zero-order valence-electron chi connectivity index (χ0n) is 15.8. The molecule has 0 atom stereocenters. The van der Waals surface area contributed by atoms with E-state index in [1.165, 1.54) is 5.56 Å². The molecule has 0 saturated carbocycles. The van der Waals surface area contributed by atoms with Gasteiger partial charge in [-0.05, 0) is 35.4 Å². The van der Waals surface area contributed by atoms with E-state index >= 15 is 0 Å². The van der Waals surface area contributed by atoms with Crippen LogP contribution < -0.4 is 10.0 Å². The van der Waals surface area contributed by atoms with Gasteiger partial charge in [0.1, 0.15) is 0 Å². The van der Waals surface area contributed by atoms with Gasteiger partial charge in [0.05, 0.1) is 19.5 Å². The molecule has 150 valence electrons. The van der Waals surface area contributed by atoms with Crippen LogP contribution in [0.15, 0.2) is 48.5 Å². The van der Waals surface area contributed by atoms with Crippen molar-refractivity contribution in [3.05, 3.63) is 65.2 Å². The molecule has 1 saturated heterocycles. The molecular weight excluding hydrogens is 378 g/mol. The topological polar surface area (TPSA) is 87.7 Å². The van der Waals surface area contributed by atoms with Gasteiger partial charge in [-0.3, -0.25) is 14.4 Å². The number of ether oxygens (including phenoxy) is 1. The lowest BCUT2D eigenvalue weighted by molar-refractivity contribution is 0.0342. The predicted molar refractivity (Wildman–Crippen MR) is 109 cm³/mol. The Labute approximate surface area is 165 Å². The maximum atomic E-state index is 12.3. The summed E-state index contributed by atoms with van der Waals surface area (Å²) < 4.78 is 30.2. The molecule has 8 heteroatoms. The lowest BCUT2D eigenvalue weighted by atomic mass is 10.1. The summed E-state index contributed by atoms with van der Waals surface area (Å²) in [6.45, 7) is 4.82. The summed E-state index contributed by atoms with van der Waals surface area (Å²) >= 11 is 0. The minimum absolute atomic E-state index is 0.205. The van der Waals surface area contributed by atoms with Gasteiger partial charge in [0.25, 0.3) is 5.91 Å². The highest BCUT2D eigenvalue weighted by atomic mass is 32.2. The average molecular weight is 404 g/mol. The Bertz CT molecular complexity index is 890. The van der Waals surface area contributed by atoms with Crippen LogP contribution in [0.1, 0.15) is 21.5 Å². The van der Waals surface area contributed by atoms with Gasteiger partial charge in [-0.2, -0.15) is 0 Å². The second-order valence-electron chi connectivity index (χ2n) is 6.84. The average Bonchev–Trinajstić information content (AvgIpc) is 2.67. The van der Waals surface area contributed by atoms with Gasteiger partial charge in [0.15, 0.2) is 0 Å². The van der Waals surface area contributed by atoms with E-state index in [1.54, 1.807) is 24.3 Å².